The number of hydrogen-bond acceptors (Lipinski definition) is 4. The Morgan fingerprint density at radius 1 is 0.968 bits per heavy atom. The molecule has 0 aromatic heterocycles. The van der Waals surface area contributed by atoms with Gasteiger partial charge in [-0.25, -0.2) is 8.42 Å². The van der Waals surface area contributed by atoms with Gasteiger partial charge in [-0.2, -0.15) is 0 Å². The van der Waals surface area contributed by atoms with Crippen molar-refractivity contribution in [3.05, 3.63) is 89.5 Å². The Balaban J connectivity index is 1.58. The number of sulfonamides is 1. The molecule has 1 aliphatic heterocycles. The van der Waals surface area contributed by atoms with Gasteiger partial charge in [0.25, 0.3) is 15.9 Å². The van der Waals surface area contributed by atoms with Crippen molar-refractivity contribution in [1.29, 1.82) is 0 Å². The molecule has 1 atom stereocenters. The quantitative estimate of drug-likeness (QED) is 0.663. The van der Waals surface area contributed by atoms with Crippen LogP contribution in [0.15, 0.2) is 77.7 Å². The van der Waals surface area contributed by atoms with Crippen molar-refractivity contribution in [3.8, 4) is 5.75 Å². The molecule has 1 unspecified atom stereocenters. The second-order valence-corrected chi connectivity index (χ2v) is 9.49. The first kappa shape index (κ1) is 20.9. The number of carbonyl (C=O) groups excluding carboxylic acids is 1. The highest BCUT2D eigenvalue weighted by Crippen LogP contribution is 2.36. The van der Waals surface area contributed by atoms with Crippen LogP contribution in [0, 0.1) is 13.8 Å². The number of rotatable bonds is 5. The Morgan fingerprint density at radius 2 is 1.58 bits per heavy atom. The van der Waals surface area contributed by atoms with Crippen molar-refractivity contribution in [2.45, 2.75) is 31.4 Å². The first-order valence-corrected chi connectivity index (χ1v) is 11.5. The third-order valence-electron chi connectivity index (χ3n) is 5.22. The van der Waals surface area contributed by atoms with Gasteiger partial charge in [-0.15, -0.1) is 0 Å². The lowest BCUT2D eigenvalue weighted by molar-refractivity contribution is -0.127. The van der Waals surface area contributed by atoms with Crippen LogP contribution in [0.1, 0.15) is 16.7 Å². The average molecular weight is 437 g/mol. The van der Waals surface area contributed by atoms with Crippen LogP contribution in [0.4, 0.5) is 5.69 Å². The van der Waals surface area contributed by atoms with E-state index in [1.165, 1.54) is 4.31 Å². The van der Waals surface area contributed by atoms with Gasteiger partial charge < -0.3 is 10.1 Å². The van der Waals surface area contributed by atoms with Gasteiger partial charge >= 0.3 is 0 Å². The van der Waals surface area contributed by atoms with E-state index >= 15 is 0 Å². The van der Waals surface area contributed by atoms with Crippen LogP contribution >= 0.6 is 0 Å². The van der Waals surface area contributed by atoms with Gasteiger partial charge in [0.2, 0.25) is 0 Å². The van der Waals surface area contributed by atoms with Gasteiger partial charge in [-0.05, 0) is 43.7 Å². The fourth-order valence-electron chi connectivity index (χ4n) is 3.41. The van der Waals surface area contributed by atoms with E-state index in [9.17, 15) is 13.2 Å². The molecular weight excluding hydrogens is 412 g/mol. The molecule has 4 rings (SSSR count). The van der Waals surface area contributed by atoms with Crippen LogP contribution in [0.5, 0.6) is 5.75 Å². The summed E-state index contributed by atoms with van der Waals surface area (Å²) in [6.45, 7) is 4.13. The van der Waals surface area contributed by atoms with Gasteiger partial charge in [0.05, 0.1) is 17.1 Å². The summed E-state index contributed by atoms with van der Waals surface area (Å²) < 4.78 is 33.9. The van der Waals surface area contributed by atoms with Crippen molar-refractivity contribution >= 4 is 21.6 Å². The summed E-state index contributed by atoms with van der Waals surface area (Å²) in [7, 11) is -3.86. The van der Waals surface area contributed by atoms with E-state index in [-0.39, 0.29) is 17.3 Å². The van der Waals surface area contributed by atoms with Gasteiger partial charge in [0, 0.05) is 6.54 Å². The minimum atomic E-state index is -3.86. The summed E-state index contributed by atoms with van der Waals surface area (Å²) in [5.74, 6) is -0.000827. The first-order chi connectivity index (χ1) is 14.8. The Kier molecular flexibility index (Phi) is 5.69. The fraction of sp³-hybridized carbons (Fsp3) is 0.208. The maximum absolute atomic E-state index is 13.4. The van der Waals surface area contributed by atoms with Gasteiger partial charge in [0.15, 0.2) is 6.10 Å². The van der Waals surface area contributed by atoms with Crippen LogP contribution < -0.4 is 14.4 Å². The van der Waals surface area contributed by atoms with E-state index in [0.29, 0.717) is 18.0 Å². The molecule has 7 heteroatoms. The maximum atomic E-state index is 13.4. The topological polar surface area (TPSA) is 75.7 Å². The summed E-state index contributed by atoms with van der Waals surface area (Å²) in [5, 5.41) is 2.85. The predicted molar refractivity (Wildman–Crippen MR) is 120 cm³/mol. The Labute approximate surface area is 182 Å². The molecule has 0 fully saturated rings. The lowest BCUT2D eigenvalue weighted by Gasteiger charge is -2.34. The monoisotopic (exact) mass is 436 g/mol. The van der Waals surface area contributed by atoms with E-state index in [1.807, 2.05) is 38.1 Å². The van der Waals surface area contributed by atoms with E-state index in [4.69, 9.17) is 4.74 Å². The van der Waals surface area contributed by atoms with Crippen LogP contribution in [0.25, 0.3) is 0 Å². The molecule has 31 heavy (non-hydrogen) atoms. The third-order valence-corrected chi connectivity index (χ3v) is 7.02. The third kappa shape index (κ3) is 4.41. The van der Waals surface area contributed by atoms with E-state index in [0.717, 1.165) is 16.7 Å². The molecule has 0 spiro atoms. The highest BCUT2D eigenvalue weighted by Gasteiger charge is 2.37. The number of carbonyl (C=O) groups is 1. The summed E-state index contributed by atoms with van der Waals surface area (Å²) in [5.41, 5.74) is 3.49. The number of anilines is 1. The van der Waals surface area contributed by atoms with Gasteiger partial charge in [-0.3, -0.25) is 9.10 Å². The van der Waals surface area contributed by atoms with Crippen LogP contribution in [0.3, 0.4) is 0 Å². The van der Waals surface area contributed by atoms with Crippen LogP contribution in [0.2, 0.25) is 0 Å². The van der Waals surface area contributed by atoms with E-state index in [1.54, 1.807) is 48.5 Å². The minimum absolute atomic E-state index is 0.104. The average Bonchev–Trinajstić information content (AvgIpc) is 2.78. The molecule has 0 aliphatic carbocycles. The predicted octanol–water partition coefficient (Wildman–Crippen LogP) is 3.58. The second-order valence-electron chi connectivity index (χ2n) is 7.63. The number of hydrogen-bond donors (Lipinski definition) is 1. The van der Waals surface area contributed by atoms with Crippen molar-refractivity contribution in [2.75, 3.05) is 10.8 Å². The fourth-order valence-corrected chi connectivity index (χ4v) is 4.89. The lowest BCUT2D eigenvalue weighted by atomic mass is 10.1. The summed E-state index contributed by atoms with van der Waals surface area (Å²) in [6, 6.07) is 21.4. The standard InChI is InChI=1S/C24H24N2O4S/c1-17-7-11-19(12-8-17)15-25-24(27)23-16-26(21-5-3-4-6-22(21)30-23)31(28,29)20-13-9-18(2)10-14-20/h3-14,23H,15-16H2,1-2H3,(H,25,27). The summed E-state index contributed by atoms with van der Waals surface area (Å²) in [4.78, 5) is 13.0. The van der Waals surface area contributed by atoms with Gasteiger partial charge in [-0.1, -0.05) is 59.7 Å². The molecule has 3 aromatic carbocycles. The zero-order valence-electron chi connectivity index (χ0n) is 17.4. The normalized spacial score (nSPS) is 15.7. The van der Waals surface area contributed by atoms with Crippen molar-refractivity contribution in [2.24, 2.45) is 0 Å². The summed E-state index contributed by atoms with van der Waals surface area (Å²) in [6.07, 6.45) is -0.958. The zero-order valence-corrected chi connectivity index (χ0v) is 18.2. The lowest BCUT2D eigenvalue weighted by Crippen LogP contribution is -2.50. The highest BCUT2D eigenvalue weighted by molar-refractivity contribution is 7.92. The SMILES string of the molecule is Cc1ccc(CNC(=O)C2CN(S(=O)(=O)c3ccc(C)cc3)c3ccccc3O2)cc1. The number of para-hydroxylation sites is 2. The number of nitrogens with zero attached hydrogens (tertiary/aromatic N) is 1. The number of nitrogens with one attached hydrogen (secondary N) is 1. The second kappa shape index (κ2) is 8.43. The molecule has 1 heterocycles. The molecule has 1 N–H and O–H groups in total. The number of fused-ring (bicyclic) bond motifs is 1. The van der Waals surface area contributed by atoms with Crippen molar-refractivity contribution < 1.29 is 17.9 Å². The number of benzene rings is 3. The molecule has 3 aromatic rings. The molecule has 0 saturated carbocycles. The van der Waals surface area contributed by atoms with Crippen molar-refractivity contribution in [1.82, 2.24) is 5.32 Å². The molecule has 1 aliphatic rings. The zero-order chi connectivity index (χ0) is 22.0. The summed E-state index contributed by atoms with van der Waals surface area (Å²) >= 11 is 0. The number of aryl methyl sites for hydroxylation is 2. The molecule has 1 amide bonds. The number of amides is 1. The Hall–Kier alpha value is -3.32. The smallest absolute Gasteiger partial charge is 0.264 e. The molecular formula is C24H24N2O4S. The molecule has 160 valence electrons. The van der Waals surface area contributed by atoms with E-state index < -0.39 is 16.1 Å². The Bertz CT molecular complexity index is 1190. The largest absolute Gasteiger partial charge is 0.476 e. The maximum Gasteiger partial charge on any atom is 0.264 e. The van der Waals surface area contributed by atoms with Crippen LogP contribution in [-0.4, -0.2) is 27.0 Å². The minimum Gasteiger partial charge on any atom is -0.476 e. The molecule has 0 bridgehead atoms. The molecule has 0 radical (unpaired) electrons. The van der Waals surface area contributed by atoms with Crippen molar-refractivity contribution in [3.63, 3.8) is 0 Å². The van der Waals surface area contributed by atoms with Gasteiger partial charge in [0.1, 0.15) is 5.75 Å². The molecule has 6 nitrogen and oxygen atoms in total. The Morgan fingerprint density at radius 3 is 2.26 bits per heavy atom. The first-order valence-electron chi connectivity index (χ1n) is 10.0. The van der Waals surface area contributed by atoms with E-state index in [2.05, 4.69) is 5.32 Å². The molecule has 0 saturated heterocycles. The van der Waals surface area contributed by atoms with Crippen LogP contribution in [-0.2, 0) is 21.4 Å². The highest BCUT2D eigenvalue weighted by atomic mass is 32.2. The number of ether oxygens (including phenoxy) is 1.